The fraction of sp³-hybridized carbons (Fsp3) is 0.310. The summed E-state index contributed by atoms with van der Waals surface area (Å²) in [5.41, 5.74) is 5.34. The Morgan fingerprint density at radius 1 is 0.972 bits per heavy atom. The second kappa shape index (κ2) is 9.57. The topological polar surface area (TPSA) is 85.9 Å². The lowest BCUT2D eigenvalue weighted by molar-refractivity contribution is -0.118. The highest BCUT2D eigenvalue weighted by Crippen LogP contribution is 2.51. The van der Waals surface area contributed by atoms with Crippen molar-refractivity contribution in [3.63, 3.8) is 0 Å². The Kier molecular flexibility index (Phi) is 6.31. The van der Waals surface area contributed by atoms with Crippen molar-refractivity contribution in [2.75, 3.05) is 12.1 Å². The minimum atomic E-state index is -0.530. The highest BCUT2D eigenvalue weighted by Gasteiger charge is 2.51. The van der Waals surface area contributed by atoms with Crippen LogP contribution in [0.4, 0.5) is 10.5 Å². The molecule has 3 aromatic rings. The third kappa shape index (κ3) is 4.87. The molecule has 0 spiro atoms. The zero-order chi connectivity index (χ0) is 25.3. The number of hydrogen-bond acceptors (Lipinski definition) is 5. The van der Waals surface area contributed by atoms with Crippen LogP contribution in [-0.2, 0) is 21.5 Å². The monoisotopic (exact) mass is 486 g/mol. The average Bonchev–Trinajstić information content (AvgIpc) is 3.54. The maximum atomic E-state index is 13.3. The molecule has 3 aromatic carbocycles. The Hall–Kier alpha value is -4.00. The van der Waals surface area contributed by atoms with Crippen molar-refractivity contribution < 1.29 is 23.8 Å². The molecule has 2 N–H and O–H groups in total. The molecule has 7 heteroatoms. The molecule has 0 saturated heterocycles. The lowest BCUT2D eigenvalue weighted by Gasteiger charge is -2.17. The van der Waals surface area contributed by atoms with Crippen molar-refractivity contribution in [3.05, 3.63) is 77.4 Å². The molecule has 0 bridgehead atoms. The van der Waals surface area contributed by atoms with E-state index < -0.39 is 11.5 Å². The summed E-state index contributed by atoms with van der Waals surface area (Å²) in [5.74, 6) is 1.40. The van der Waals surface area contributed by atoms with E-state index in [1.807, 2.05) is 81.4 Å². The summed E-state index contributed by atoms with van der Waals surface area (Å²) in [5, 5.41) is 5.89. The van der Waals surface area contributed by atoms with Crippen molar-refractivity contribution in [3.8, 4) is 22.6 Å². The summed E-state index contributed by atoms with van der Waals surface area (Å²) in [6.45, 7) is 6.28. The molecule has 2 amide bonds. The summed E-state index contributed by atoms with van der Waals surface area (Å²) in [6, 6.07) is 19.7. The van der Waals surface area contributed by atoms with Gasteiger partial charge in [0.15, 0.2) is 11.5 Å². The Labute approximate surface area is 210 Å². The van der Waals surface area contributed by atoms with Gasteiger partial charge in [0, 0.05) is 12.2 Å². The Morgan fingerprint density at radius 2 is 1.72 bits per heavy atom. The summed E-state index contributed by atoms with van der Waals surface area (Å²) < 4.78 is 16.0. The molecule has 1 aliphatic heterocycles. The SMILES string of the molecule is Cc1ccc(NC(=O)C2(c3ccc4c(c3)OCO4)CC2)cc1-c1ccc(CNC(=O)OC(C)C)cc1. The summed E-state index contributed by atoms with van der Waals surface area (Å²) >= 11 is 0. The van der Waals surface area contributed by atoms with E-state index in [9.17, 15) is 9.59 Å². The highest BCUT2D eigenvalue weighted by atomic mass is 16.7. The predicted molar refractivity (Wildman–Crippen MR) is 137 cm³/mol. The molecular weight excluding hydrogens is 456 g/mol. The first-order valence-electron chi connectivity index (χ1n) is 12.2. The standard InChI is InChI=1S/C29H30N2O5/c1-18(2)36-28(33)30-16-20-5-7-21(8-6-20)24-15-23(10-4-19(24)3)31-27(32)29(12-13-29)22-9-11-25-26(14-22)35-17-34-25/h4-11,14-15,18H,12-13,16-17H2,1-3H3,(H,30,33)(H,31,32). The average molecular weight is 487 g/mol. The van der Waals surface area contributed by atoms with Crippen LogP contribution in [0.25, 0.3) is 11.1 Å². The van der Waals surface area contributed by atoms with Gasteiger partial charge in [0.25, 0.3) is 0 Å². The van der Waals surface area contributed by atoms with Crippen molar-refractivity contribution >= 4 is 17.7 Å². The number of aryl methyl sites for hydroxylation is 1. The van der Waals surface area contributed by atoms with Gasteiger partial charge in [-0.15, -0.1) is 0 Å². The zero-order valence-electron chi connectivity index (χ0n) is 20.7. The van der Waals surface area contributed by atoms with E-state index in [4.69, 9.17) is 14.2 Å². The van der Waals surface area contributed by atoms with Gasteiger partial charge < -0.3 is 24.8 Å². The Bertz CT molecular complexity index is 1300. The third-order valence-electron chi connectivity index (χ3n) is 6.65. The van der Waals surface area contributed by atoms with Crippen LogP contribution >= 0.6 is 0 Å². The maximum Gasteiger partial charge on any atom is 0.407 e. The fourth-order valence-electron chi connectivity index (χ4n) is 4.46. The number of ether oxygens (including phenoxy) is 3. The van der Waals surface area contributed by atoms with Crippen LogP contribution in [0.15, 0.2) is 60.7 Å². The third-order valence-corrected chi connectivity index (χ3v) is 6.65. The van der Waals surface area contributed by atoms with Crippen LogP contribution in [0.3, 0.4) is 0 Å². The number of hydrogen-bond donors (Lipinski definition) is 2. The molecule has 186 valence electrons. The van der Waals surface area contributed by atoms with Crippen molar-refractivity contribution in [1.29, 1.82) is 0 Å². The van der Waals surface area contributed by atoms with E-state index >= 15 is 0 Å². The van der Waals surface area contributed by atoms with Crippen molar-refractivity contribution in [2.24, 2.45) is 0 Å². The lowest BCUT2D eigenvalue weighted by Crippen LogP contribution is -2.27. The summed E-state index contributed by atoms with van der Waals surface area (Å²) in [7, 11) is 0. The van der Waals surface area contributed by atoms with Crippen molar-refractivity contribution in [2.45, 2.75) is 51.7 Å². The molecule has 0 aromatic heterocycles. The Balaban J connectivity index is 1.28. The lowest BCUT2D eigenvalue weighted by atomic mass is 9.94. The number of carbonyl (C=O) groups is 2. The van der Waals surface area contributed by atoms with E-state index in [2.05, 4.69) is 10.6 Å². The van der Waals surface area contributed by atoms with Crippen LogP contribution in [-0.4, -0.2) is 24.9 Å². The molecule has 0 atom stereocenters. The number of fused-ring (bicyclic) bond motifs is 1. The normalized spacial score (nSPS) is 14.9. The molecule has 1 aliphatic carbocycles. The van der Waals surface area contributed by atoms with Crippen molar-refractivity contribution in [1.82, 2.24) is 5.32 Å². The quantitative estimate of drug-likeness (QED) is 0.448. The number of alkyl carbamates (subject to hydrolysis) is 1. The molecule has 0 unspecified atom stereocenters. The van der Waals surface area contributed by atoms with Gasteiger partial charge in [0.2, 0.25) is 12.7 Å². The minimum Gasteiger partial charge on any atom is -0.454 e. The molecule has 5 rings (SSSR count). The largest absolute Gasteiger partial charge is 0.454 e. The molecular formula is C29H30N2O5. The van der Waals surface area contributed by atoms with E-state index in [1.165, 1.54) is 0 Å². The fourth-order valence-corrected chi connectivity index (χ4v) is 4.46. The molecule has 2 aliphatic rings. The van der Waals surface area contributed by atoms with Gasteiger partial charge in [0.05, 0.1) is 11.5 Å². The van der Waals surface area contributed by atoms with Gasteiger partial charge in [0.1, 0.15) is 0 Å². The van der Waals surface area contributed by atoms with Crippen LogP contribution in [0.2, 0.25) is 0 Å². The highest BCUT2D eigenvalue weighted by molar-refractivity contribution is 6.02. The molecule has 36 heavy (non-hydrogen) atoms. The van der Waals surface area contributed by atoms with E-state index in [0.717, 1.165) is 52.1 Å². The van der Waals surface area contributed by atoms with E-state index in [0.29, 0.717) is 12.3 Å². The molecule has 0 radical (unpaired) electrons. The zero-order valence-corrected chi connectivity index (χ0v) is 20.7. The Morgan fingerprint density at radius 3 is 2.44 bits per heavy atom. The van der Waals surface area contributed by atoms with Gasteiger partial charge in [-0.1, -0.05) is 36.4 Å². The van der Waals surface area contributed by atoms with E-state index in [-0.39, 0.29) is 18.8 Å². The van der Waals surface area contributed by atoms with Crippen LogP contribution < -0.4 is 20.1 Å². The summed E-state index contributed by atoms with van der Waals surface area (Å²) in [4.78, 5) is 25.1. The van der Waals surface area contributed by atoms with Crippen LogP contribution in [0, 0.1) is 6.92 Å². The smallest absolute Gasteiger partial charge is 0.407 e. The van der Waals surface area contributed by atoms with Crippen LogP contribution in [0.5, 0.6) is 11.5 Å². The first-order valence-corrected chi connectivity index (χ1v) is 12.2. The van der Waals surface area contributed by atoms with Crippen LogP contribution in [0.1, 0.15) is 43.4 Å². The number of carbonyl (C=O) groups excluding carboxylic acids is 2. The minimum absolute atomic E-state index is 0.00845. The van der Waals surface area contributed by atoms with Gasteiger partial charge in [-0.2, -0.15) is 0 Å². The number of benzene rings is 3. The second-order valence-corrected chi connectivity index (χ2v) is 9.64. The number of rotatable bonds is 7. The molecule has 1 heterocycles. The number of amides is 2. The first kappa shape index (κ1) is 23.7. The summed E-state index contributed by atoms with van der Waals surface area (Å²) in [6.07, 6.45) is 1.02. The first-order chi connectivity index (χ1) is 17.3. The molecule has 1 saturated carbocycles. The molecule has 7 nitrogen and oxygen atoms in total. The van der Waals surface area contributed by atoms with Gasteiger partial charge in [-0.3, -0.25) is 4.79 Å². The second-order valence-electron chi connectivity index (χ2n) is 9.64. The molecule has 1 fully saturated rings. The number of anilines is 1. The predicted octanol–water partition coefficient (Wildman–Crippen LogP) is 5.70. The maximum absolute atomic E-state index is 13.3. The number of nitrogens with one attached hydrogen (secondary N) is 2. The van der Waals surface area contributed by atoms with E-state index in [1.54, 1.807) is 0 Å². The van der Waals surface area contributed by atoms with Gasteiger partial charge in [-0.05, 0) is 85.7 Å². The van der Waals surface area contributed by atoms with Gasteiger partial charge >= 0.3 is 6.09 Å². The van der Waals surface area contributed by atoms with Gasteiger partial charge in [-0.25, -0.2) is 4.79 Å².